The summed E-state index contributed by atoms with van der Waals surface area (Å²) in [7, 11) is 0. The minimum atomic E-state index is -0.731. The second-order valence-electron chi connectivity index (χ2n) is 13.4. The fourth-order valence-corrected chi connectivity index (χ4v) is 7.22. The van der Waals surface area contributed by atoms with E-state index in [2.05, 4.69) is 71.3 Å². The van der Waals surface area contributed by atoms with E-state index in [4.69, 9.17) is 11.6 Å². The van der Waals surface area contributed by atoms with Crippen LogP contribution in [-0.2, 0) is 16.8 Å². The quantitative estimate of drug-likeness (QED) is 0.501. The van der Waals surface area contributed by atoms with Crippen LogP contribution in [0.4, 0.5) is 4.79 Å². The van der Waals surface area contributed by atoms with E-state index < -0.39 is 16.9 Å². The van der Waals surface area contributed by atoms with Crippen LogP contribution in [-0.4, -0.2) is 27.5 Å². The third-order valence-corrected chi connectivity index (χ3v) is 9.67. The number of urea groups is 1. The highest BCUT2D eigenvalue weighted by Gasteiger charge is 2.75. The molecule has 6 rings (SSSR count). The van der Waals surface area contributed by atoms with E-state index in [9.17, 15) is 14.7 Å². The molecule has 1 unspecified atom stereocenters. The molecule has 0 radical (unpaired) electrons. The summed E-state index contributed by atoms with van der Waals surface area (Å²) in [4.78, 5) is 27.0. The van der Waals surface area contributed by atoms with Crippen LogP contribution in [0.3, 0.4) is 0 Å². The van der Waals surface area contributed by atoms with Gasteiger partial charge in [0, 0.05) is 11.2 Å². The van der Waals surface area contributed by atoms with Crippen LogP contribution >= 0.6 is 11.6 Å². The Balaban J connectivity index is 1.50. The van der Waals surface area contributed by atoms with E-state index >= 15 is 0 Å². The lowest BCUT2D eigenvalue weighted by molar-refractivity contribution is -0.215. The van der Waals surface area contributed by atoms with Crippen molar-refractivity contribution < 1.29 is 14.7 Å². The van der Waals surface area contributed by atoms with Crippen molar-refractivity contribution in [2.75, 3.05) is 0 Å². The topological polar surface area (TPSA) is 69.6 Å². The van der Waals surface area contributed by atoms with Gasteiger partial charge in [-0.3, -0.25) is 9.69 Å². The number of aryl methyl sites for hydroxylation is 1. The number of carboxylic acids is 1. The van der Waals surface area contributed by atoms with Crippen LogP contribution in [0, 0.1) is 22.2 Å². The molecule has 0 aromatic heterocycles. The molecule has 2 bridgehead atoms. The van der Waals surface area contributed by atoms with Crippen molar-refractivity contribution in [2.45, 2.75) is 91.1 Å². The summed E-state index contributed by atoms with van der Waals surface area (Å²) in [6, 6.07) is 6.20. The Kier molecular flexibility index (Phi) is 4.90. The Labute approximate surface area is 207 Å². The Morgan fingerprint density at radius 2 is 1.85 bits per heavy atom. The summed E-state index contributed by atoms with van der Waals surface area (Å²) in [5.41, 5.74) is 2.06. The van der Waals surface area contributed by atoms with E-state index in [1.165, 1.54) is 5.57 Å². The number of hydrogen-bond donors (Lipinski definition) is 2. The van der Waals surface area contributed by atoms with Crippen LogP contribution in [0.5, 0.6) is 0 Å². The predicted octanol–water partition coefficient (Wildman–Crippen LogP) is 6.50. The molecular formula is C28H37ClN2O3. The Hall–Kier alpha value is -2.01. The summed E-state index contributed by atoms with van der Waals surface area (Å²) in [5, 5.41) is 13.7. The first-order valence-corrected chi connectivity index (χ1v) is 12.9. The van der Waals surface area contributed by atoms with Crippen molar-refractivity contribution >= 4 is 23.6 Å². The van der Waals surface area contributed by atoms with Gasteiger partial charge in [0.05, 0.1) is 16.5 Å². The summed E-state index contributed by atoms with van der Waals surface area (Å²) in [5.74, 6) is -0.471. The van der Waals surface area contributed by atoms with E-state index in [0.29, 0.717) is 19.3 Å². The average molecular weight is 485 g/mol. The molecule has 2 N–H and O–H groups in total. The third-order valence-electron chi connectivity index (χ3n) is 9.32. The smallest absolute Gasteiger partial charge is 0.322 e. The number of hydrogen-bond acceptors (Lipinski definition) is 2. The number of amides is 2. The predicted molar refractivity (Wildman–Crippen MR) is 134 cm³/mol. The minimum Gasteiger partial charge on any atom is -0.481 e. The van der Waals surface area contributed by atoms with E-state index in [0.717, 1.165) is 35.4 Å². The van der Waals surface area contributed by atoms with Crippen molar-refractivity contribution in [1.29, 1.82) is 0 Å². The van der Waals surface area contributed by atoms with E-state index in [1.807, 2.05) is 4.90 Å². The molecule has 1 heterocycles. The number of benzene rings is 1. The van der Waals surface area contributed by atoms with E-state index in [-0.39, 0.29) is 28.3 Å². The molecule has 4 fully saturated rings. The van der Waals surface area contributed by atoms with Gasteiger partial charge in [0.1, 0.15) is 0 Å². The fraction of sp³-hybridized carbons (Fsp3) is 0.643. The molecule has 1 aromatic rings. The zero-order valence-corrected chi connectivity index (χ0v) is 22.0. The summed E-state index contributed by atoms with van der Waals surface area (Å²) in [6.45, 7) is 13.5. The molecule has 5 aliphatic rings. The van der Waals surface area contributed by atoms with Gasteiger partial charge in [0.25, 0.3) is 0 Å². The second-order valence-corrected chi connectivity index (χ2v) is 13.8. The van der Waals surface area contributed by atoms with Crippen molar-refractivity contribution in [2.24, 2.45) is 22.2 Å². The van der Waals surface area contributed by atoms with Gasteiger partial charge in [-0.05, 0) is 78.0 Å². The number of carbonyl (C=O) groups is 2. The van der Waals surface area contributed by atoms with Crippen LogP contribution in [0.15, 0.2) is 30.0 Å². The van der Waals surface area contributed by atoms with Gasteiger partial charge in [-0.15, -0.1) is 0 Å². The molecule has 2 atom stereocenters. The molecule has 1 aromatic carbocycles. The number of rotatable bonds is 5. The molecule has 4 aliphatic carbocycles. The molecule has 0 saturated heterocycles. The summed E-state index contributed by atoms with van der Waals surface area (Å²) >= 11 is 6.79. The third kappa shape index (κ3) is 3.26. The van der Waals surface area contributed by atoms with Crippen LogP contribution < -0.4 is 5.32 Å². The number of nitrogens with zero attached hydrogens (tertiary/aromatic N) is 1. The average Bonchev–Trinajstić information content (AvgIpc) is 2.84. The van der Waals surface area contributed by atoms with E-state index in [1.54, 1.807) is 0 Å². The minimum absolute atomic E-state index is 0.00573. The van der Waals surface area contributed by atoms with Gasteiger partial charge in [0.2, 0.25) is 0 Å². The maximum absolute atomic E-state index is 13.5. The van der Waals surface area contributed by atoms with Crippen molar-refractivity contribution in [1.82, 2.24) is 10.2 Å². The zero-order valence-electron chi connectivity index (χ0n) is 21.2. The zero-order chi connectivity index (χ0) is 24.9. The van der Waals surface area contributed by atoms with Crippen LogP contribution in [0.1, 0.15) is 84.8 Å². The number of carbonyl (C=O) groups excluding carboxylic acids is 1. The molecule has 5 nitrogen and oxygen atoms in total. The molecule has 2 amide bonds. The van der Waals surface area contributed by atoms with Gasteiger partial charge in [-0.25, -0.2) is 4.79 Å². The van der Waals surface area contributed by atoms with Gasteiger partial charge in [-0.1, -0.05) is 65.3 Å². The summed E-state index contributed by atoms with van der Waals surface area (Å²) < 4.78 is 0. The molecule has 1 aliphatic heterocycles. The highest BCUT2D eigenvalue weighted by atomic mass is 35.5. The largest absolute Gasteiger partial charge is 0.481 e. The monoisotopic (exact) mass is 484 g/mol. The maximum Gasteiger partial charge on any atom is 0.322 e. The van der Waals surface area contributed by atoms with Gasteiger partial charge >= 0.3 is 12.0 Å². The lowest BCUT2D eigenvalue weighted by Gasteiger charge is -2.71. The number of halogens is 1. The Bertz CT molecular complexity index is 1100. The van der Waals surface area contributed by atoms with Crippen LogP contribution in [0.25, 0.3) is 0 Å². The van der Waals surface area contributed by atoms with Gasteiger partial charge in [0.15, 0.2) is 0 Å². The highest BCUT2D eigenvalue weighted by Crippen LogP contribution is 2.71. The number of nitrogens with one attached hydrogen (secondary N) is 1. The van der Waals surface area contributed by atoms with Gasteiger partial charge in [-0.2, -0.15) is 0 Å². The first kappa shape index (κ1) is 23.7. The molecule has 6 heteroatoms. The molecular weight excluding hydrogens is 448 g/mol. The lowest BCUT2D eigenvalue weighted by Crippen LogP contribution is -2.78. The number of aliphatic carboxylic acids is 1. The number of fused-ring (bicyclic) bond motifs is 1. The molecule has 4 saturated carbocycles. The van der Waals surface area contributed by atoms with Crippen molar-refractivity contribution in [3.63, 3.8) is 0 Å². The standard InChI is InChI=1S/C28H37ClN2O3/c1-17-20-12-31(27-14-26(15-27,16-27)22(32)33)23(34)30-28(20,13-25(17,5)6)19-8-7-18(21(29)11-19)9-10-24(2,3)4/h7-8,11-12,17H,9-10,13-16H2,1-6H3,(H,30,34)(H,32,33)/t17-,26?,27?,28?/m1/s1. The second kappa shape index (κ2) is 7.02. The molecule has 184 valence electrons. The first-order chi connectivity index (χ1) is 15.6. The highest BCUT2D eigenvalue weighted by molar-refractivity contribution is 6.31. The normalized spacial score (nSPS) is 35.6. The maximum atomic E-state index is 13.5. The van der Waals surface area contributed by atoms with Crippen LogP contribution in [0.2, 0.25) is 5.02 Å². The van der Waals surface area contributed by atoms with Gasteiger partial charge < -0.3 is 10.4 Å². The molecule has 0 spiro atoms. The fourth-order valence-electron chi connectivity index (χ4n) is 6.94. The Morgan fingerprint density at radius 1 is 1.21 bits per heavy atom. The van der Waals surface area contributed by atoms with Crippen molar-refractivity contribution in [3.05, 3.63) is 46.1 Å². The summed E-state index contributed by atoms with van der Waals surface area (Å²) in [6.07, 6.45) is 6.48. The Morgan fingerprint density at radius 3 is 2.41 bits per heavy atom. The molecule has 34 heavy (non-hydrogen) atoms. The van der Waals surface area contributed by atoms with Crippen molar-refractivity contribution in [3.8, 4) is 0 Å². The number of carboxylic acid groups (broad SMARTS) is 1. The SMILES string of the molecule is C[C@@H]1C2=CN(C34CC(C(=O)O)(C3)C4)C(=O)NC2(c2ccc(CCC(C)(C)C)c(Cl)c2)CC1(C)C. The first-order valence-electron chi connectivity index (χ1n) is 12.5. The lowest BCUT2D eigenvalue weighted by atomic mass is 9.38.